The number of pyridine rings is 1. The Kier molecular flexibility index (Phi) is 13.1. The highest BCUT2D eigenvalue weighted by molar-refractivity contribution is 7.85. The molecule has 128 valence electrons. The molecule has 0 aliphatic heterocycles. The quantitative estimate of drug-likeness (QED) is 0.375. The third-order valence-electron chi connectivity index (χ3n) is 2.83. The van der Waals surface area contributed by atoms with E-state index in [1.54, 1.807) is 0 Å². The van der Waals surface area contributed by atoms with E-state index in [4.69, 9.17) is 4.74 Å². The predicted octanol–water partition coefficient (Wildman–Crippen LogP) is 2.51. The number of unbranched alkanes of at least 4 members (excludes halogenated alkanes) is 2. The van der Waals surface area contributed by atoms with Crippen molar-refractivity contribution in [2.24, 2.45) is 0 Å². The van der Waals surface area contributed by atoms with Crippen LogP contribution in [-0.4, -0.2) is 31.9 Å². The SMILES string of the molecule is CCCC[n+]1ccccc1.CCCOCCCCS(=O)(=O)[O-]. The van der Waals surface area contributed by atoms with Gasteiger partial charge in [0, 0.05) is 37.5 Å². The number of nitrogens with zero attached hydrogens (tertiary/aromatic N) is 1. The monoisotopic (exact) mass is 331 g/mol. The molecule has 0 fully saturated rings. The van der Waals surface area contributed by atoms with E-state index in [-0.39, 0.29) is 5.75 Å². The van der Waals surface area contributed by atoms with Crippen molar-refractivity contribution in [3.05, 3.63) is 30.6 Å². The van der Waals surface area contributed by atoms with Crippen LogP contribution in [0.1, 0.15) is 46.0 Å². The summed E-state index contributed by atoms with van der Waals surface area (Å²) in [4.78, 5) is 0. The third-order valence-corrected chi connectivity index (χ3v) is 3.62. The molecule has 0 aliphatic carbocycles. The molecule has 0 bridgehead atoms. The van der Waals surface area contributed by atoms with Crippen LogP contribution in [-0.2, 0) is 21.4 Å². The fraction of sp³-hybridized carbons (Fsp3) is 0.688. The Morgan fingerprint density at radius 3 is 2.18 bits per heavy atom. The molecule has 1 heterocycles. The Labute approximate surface area is 135 Å². The lowest BCUT2D eigenvalue weighted by atomic mass is 10.3. The van der Waals surface area contributed by atoms with E-state index in [9.17, 15) is 13.0 Å². The van der Waals surface area contributed by atoms with Gasteiger partial charge in [0.25, 0.3) is 0 Å². The molecule has 0 N–H and O–H groups in total. The van der Waals surface area contributed by atoms with Crippen molar-refractivity contribution in [1.29, 1.82) is 0 Å². The fourth-order valence-corrected chi connectivity index (χ4v) is 2.21. The number of rotatable bonds is 10. The first kappa shape index (κ1) is 21.0. The van der Waals surface area contributed by atoms with Crippen LogP contribution < -0.4 is 4.57 Å². The zero-order valence-electron chi connectivity index (χ0n) is 13.7. The van der Waals surface area contributed by atoms with Crippen LogP contribution in [0, 0.1) is 0 Å². The number of aromatic nitrogens is 1. The molecule has 0 spiro atoms. The maximum Gasteiger partial charge on any atom is 0.168 e. The summed E-state index contributed by atoms with van der Waals surface area (Å²) in [5, 5.41) is 0. The van der Waals surface area contributed by atoms with Gasteiger partial charge in [0.1, 0.15) is 6.54 Å². The standard InChI is InChI=1S/C9H14N.C7H16O4S/c1-2-3-7-10-8-5-4-6-9-10;1-2-5-11-6-3-4-7-12(8,9)10/h4-6,8-9H,2-3,7H2,1H3;2-7H2,1H3,(H,8,9,10)/q+1;/p-1. The molecule has 0 aliphatic rings. The molecular weight excluding hydrogens is 302 g/mol. The Bertz CT molecular complexity index is 448. The molecule has 1 aromatic heterocycles. The van der Waals surface area contributed by atoms with Crippen molar-refractivity contribution < 1.29 is 22.3 Å². The molecule has 22 heavy (non-hydrogen) atoms. The zero-order chi connectivity index (χ0) is 16.7. The van der Waals surface area contributed by atoms with Gasteiger partial charge in [-0.25, -0.2) is 13.0 Å². The second-order valence-electron chi connectivity index (χ2n) is 5.05. The molecule has 0 atom stereocenters. The lowest BCUT2D eigenvalue weighted by Gasteiger charge is -2.06. The fourth-order valence-electron chi connectivity index (χ4n) is 1.65. The van der Waals surface area contributed by atoms with Crippen LogP contribution in [0.3, 0.4) is 0 Å². The van der Waals surface area contributed by atoms with Gasteiger partial charge in [-0.1, -0.05) is 26.3 Å². The van der Waals surface area contributed by atoms with Gasteiger partial charge in [0.2, 0.25) is 0 Å². The molecule has 0 aromatic carbocycles. The third kappa shape index (κ3) is 15.4. The average Bonchev–Trinajstić information content (AvgIpc) is 2.49. The molecule has 0 amide bonds. The van der Waals surface area contributed by atoms with Crippen LogP contribution in [0.5, 0.6) is 0 Å². The van der Waals surface area contributed by atoms with Gasteiger partial charge in [-0.15, -0.1) is 0 Å². The molecule has 5 nitrogen and oxygen atoms in total. The van der Waals surface area contributed by atoms with Gasteiger partial charge in [-0.05, 0) is 19.3 Å². The second kappa shape index (κ2) is 13.7. The summed E-state index contributed by atoms with van der Waals surface area (Å²) in [5.41, 5.74) is 0. The topological polar surface area (TPSA) is 70.3 Å². The summed E-state index contributed by atoms with van der Waals surface area (Å²) < 4.78 is 37.7. The maximum atomic E-state index is 10.1. The summed E-state index contributed by atoms with van der Waals surface area (Å²) in [6.45, 7) is 6.61. The van der Waals surface area contributed by atoms with Crippen molar-refractivity contribution in [2.75, 3.05) is 19.0 Å². The van der Waals surface area contributed by atoms with E-state index in [1.165, 1.54) is 12.8 Å². The number of hydrogen-bond acceptors (Lipinski definition) is 4. The van der Waals surface area contributed by atoms with Gasteiger partial charge >= 0.3 is 0 Å². The van der Waals surface area contributed by atoms with Gasteiger partial charge < -0.3 is 9.29 Å². The molecular formula is C16H29NO4S. The highest BCUT2D eigenvalue weighted by Crippen LogP contribution is 1.94. The van der Waals surface area contributed by atoms with Gasteiger partial charge in [0.05, 0.1) is 10.1 Å². The van der Waals surface area contributed by atoms with Gasteiger partial charge in [-0.2, -0.15) is 0 Å². The number of ether oxygens (including phenoxy) is 1. The average molecular weight is 331 g/mol. The molecule has 1 rings (SSSR count). The maximum absolute atomic E-state index is 10.1. The minimum absolute atomic E-state index is 0.275. The Hall–Kier alpha value is -0.980. The summed E-state index contributed by atoms with van der Waals surface area (Å²) in [5.74, 6) is -0.275. The van der Waals surface area contributed by atoms with Crippen LogP contribution in [0.2, 0.25) is 0 Å². The van der Waals surface area contributed by atoms with E-state index in [0.29, 0.717) is 26.1 Å². The molecule has 0 saturated carbocycles. The summed E-state index contributed by atoms with van der Waals surface area (Å²) in [6.07, 6.45) is 8.75. The molecule has 6 heteroatoms. The van der Waals surface area contributed by atoms with Crippen molar-refractivity contribution in [2.45, 2.75) is 52.5 Å². The first-order valence-electron chi connectivity index (χ1n) is 7.95. The van der Waals surface area contributed by atoms with E-state index in [1.807, 2.05) is 13.0 Å². The van der Waals surface area contributed by atoms with Gasteiger partial charge in [0.15, 0.2) is 12.4 Å². The highest BCUT2D eigenvalue weighted by atomic mass is 32.2. The van der Waals surface area contributed by atoms with Crippen LogP contribution in [0.25, 0.3) is 0 Å². The molecule has 0 radical (unpaired) electrons. The van der Waals surface area contributed by atoms with Crippen molar-refractivity contribution in [1.82, 2.24) is 0 Å². The van der Waals surface area contributed by atoms with Crippen LogP contribution in [0.15, 0.2) is 30.6 Å². The van der Waals surface area contributed by atoms with E-state index in [0.717, 1.165) is 13.0 Å². The second-order valence-corrected chi connectivity index (χ2v) is 6.57. The Balaban J connectivity index is 0.000000406. The molecule has 0 unspecified atom stereocenters. The normalized spacial score (nSPS) is 10.9. The minimum Gasteiger partial charge on any atom is -0.748 e. The van der Waals surface area contributed by atoms with Crippen molar-refractivity contribution >= 4 is 10.1 Å². The Morgan fingerprint density at radius 2 is 1.64 bits per heavy atom. The van der Waals surface area contributed by atoms with Crippen LogP contribution in [0.4, 0.5) is 0 Å². The largest absolute Gasteiger partial charge is 0.748 e. The molecule has 0 saturated heterocycles. The van der Waals surface area contributed by atoms with E-state index < -0.39 is 10.1 Å². The number of aryl methyl sites for hydroxylation is 1. The van der Waals surface area contributed by atoms with E-state index in [2.05, 4.69) is 36.0 Å². The first-order chi connectivity index (χ1) is 10.5. The molecule has 1 aromatic rings. The Morgan fingerprint density at radius 1 is 0.955 bits per heavy atom. The highest BCUT2D eigenvalue weighted by Gasteiger charge is 1.95. The van der Waals surface area contributed by atoms with Crippen molar-refractivity contribution in [3.8, 4) is 0 Å². The first-order valence-corrected chi connectivity index (χ1v) is 9.52. The van der Waals surface area contributed by atoms with Gasteiger partial charge in [-0.3, -0.25) is 0 Å². The summed E-state index contributed by atoms with van der Waals surface area (Å²) >= 11 is 0. The predicted molar refractivity (Wildman–Crippen MR) is 86.5 cm³/mol. The van der Waals surface area contributed by atoms with Crippen LogP contribution >= 0.6 is 0 Å². The van der Waals surface area contributed by atoms with Crippen molar-refractivity contribution in [3.63, 3.8) is 0 Å². The summed E-state index contributed by atoms with van der Waals surface area (Å²) in [6, 6.07) is 6.17. The minimum atomic E-state index is -4.02. The smallest absolute Gasteiger partial charge is 0.168 e. The lowest BCUT2D eigenvalue weighted by Crippen LogP contribution is -2.31. The number of hydrogen-bond donors (Lipinski definition) is 0. The lowest BCUT2D eigenvalue weighted by molar-refractivity contribution is -0.697. The summed E-state index contributed by atoms with van der Waals surface area (Å²) in [7, 11) is -4.02. The zero-order valence-corrected chi connectivity index (χ0v) is 14.6. The van der Waals surface area contributed by atoms with E-state index >= 15 is 0 Å².